The SMILES string of the molecule is CN1CCC=C(c2nsnc2SCCc2ccccc2)C1.O=C(O)C(=O)O. The Labute approximate surface area is 166 Å². The van der Waals surface area contributed by atoms with E-state index < -0.39 is 11.9 Å². The average molecular weight is 408 g/mol. The first-order valence-electron chi connectivity index (χ1n) is 8.31. The maximum atomic E-state index is 9.10. The molecule has 0 fully saturated rings. The number of aryl methyl sites for hydroxylation is 1. The number of carbonyl (C=O) groups is 2. The Hall–Kier alpha value is -2.23. The minimum absolute atomic E-state index is 0.984. The summed E-state index contributed by atoms with van der Waals surface area (Å²) >= 11 is 3.15. The highest BCUT2D eigenvalue weighted by atomic mass is 32.2. The number of hydrogen-bond acceptors (Lipinski definition) is 7. The molecular formula is C18H21N3O4S2. The van der Waals surface area contributed by atoms with E-state index in [0.717, 1.165) is 42.4 Å². The van der Waals surface area contributed by atoms with Crippen LogP contribution in [0.2, 0.25) is 0 Å². The Morgan fingerprint density at radius 1 is 1.19 bits per heavy atom. The molecule has 144 valence electrons. The van der Waals surface area contributed by atoms with Crippen LogP contribution in [0.3, 0.4) is 0 Å². The number of benzene rings is 1. The van der Waals surface area contributed by atoms with Crippen molar-refractivity contribution in [3.05, 3.63) is 47.7 Å². The number of likely N-dealkylation sites (N-methyl/N-ethyl adjacent to an activating group) is 1. The molecule has 0 saturated carbocycles. The van der Waals surface area contributed by atoms with E-state index in [0.29, 0.717) is 0 Å². The zero-order valence-corrected chi connectivity index (χ0v) is 16.5. The number of nitrogens with zero attached hydrogens (tertiary/aromatic N) is 3. The summed E-state index contributed by atoms with van der Waals surface area (Å²) in [6.07, 6.45) is 4.50. The Morgan fingerprint density at radius 2 is 1.89 bits per heavy atom. The highest BCUT2D eigenvalue weighted by Gasteiger charge is 2.17. The number of aromatic nitrogens is 2. The Bertz CT molecular complexity index is 781. The van der Waals surface area contributed by atoms with Gasteiger partial charge in [-0.2, -0.15) is 8.75 Å². The first-order chi connectivity index (χ1) is 13.0. The van der Waals surface area contributed by atoms with Crippen molar-refractivity contribution in [3.63, 3.8) is 0 Å². The normalized spacial score (nSPS) is 14.0. The third-order valence-electron chi connectivity index (χ3n) is 3.76. The summed E-state index contributed by atoms with van der Waals surface area (Å²) in [4.78, 5) is 20.5. The van der Waals surface area contributed by atoms with Gasteiger partial charge < -0.3 is 15.1 Å². The molecule has 0 atom stereocenters. The molecule has 2 N–H and O–H groups in total. The van der Waals surface area contributed by atoms with E-state index in [1.807, 2.05) is 11.8 Å². The van der Waals surface area contributed by atoms with Gasteiger partial charge in [-0.15, -0.1) is 11.8 Å². The van der Waals surface area contributed by atoms with Gasteiger partial charge in [0.25, 0.3) is 0 Å². The number of carboxylic acids is 2. The second kappa shape index (κ2) is 10.8. The lowest BCUT2D eigenvalue weighted by Gasteiger charge is -2.22. The Kier molecular flexibility index (Phi) is 8.43. The van der Waals surface area contributed by atoms with Crippen molar-refractivity contribution >= 4 is 41.0 Å². The lowest BCUT2D eigenvalue weighted by atomic mass is 10.1. The van der Waals surface area contributed by atoms with Crippen LogP contribution in [0.25, 0.3) is 5.57 Å². The van der Waals surface area contributed by atoms with Crippen molar-refractivity contribution in [2.45, 2.75) is 17.9 Å². The molecule has 27 heavy (non-hydrogen) atoms. The van der Waals surface area contributed by atoms with Crippen LogP contribution in [0.15, 0.2) is 41.4 Å². The third-order valence-corrected chi connectivity index (χ3v) is 5.37. The number of hydrogen-bond donors (Lipinski definition) is 2. The van der Waals surface area contributed by atoms with Crippen LogP contribution in [-0.4, -0.2) is 61.7 Å². The molecule has 2 heterocycles. The molecule has 2 aromatic rings. The predicted octanol–water partition coefficient (Wildman–Crippen LogP) is 2.75. The minimum Gasteiger partial charge on any atom is -0.473 e. The first-order valence-corrected chi connectivity index (χ1v) is 10.0. The van der Waals surface area contributed by atoms with E-state index in [1.54, 1.807) is 0 Å². The quantitative estimate of drug-likeness (QED) is 0.576. The monoisotopic (exact) mass is 407 g/mol. The molecule has 0 saturated heterocycles. The van der Waals surface area contributed by atoms with Crippen molar-refractivity contribution in [3.8, 4) is 0 Å². The molecular weight excluding hydrogens is 386 g/mol. The van der Waals surface area contributed by atoms with Gasteiger partial charge in [-0.05, 0) is 31.0 Å². The molecule has 3 rings (SSSR count). The van der Waals surface area contributed by atoms with Gasteiger partial charge in [0.15, 0.2) is 0 Å². The lowest BCUT2D eigenvalue weighted by Crippen LogP contribution is -2.25. The highest BCUT2D eigenvalue weighted by Crippen LogP contribution is 2.29. The zero-order valence-electron chi connectivity index (χ0n) is 14.9. The van der Waals surface area contributed by atoms with Gasteiger partial charge in [-0.25, -0.2) is 9.59 Å². The summed E-state index contributed by atoms with van der Waals surface area (Å²) in [7, 11) is 2.16. The van der Waals surface area contributed by atoms with E-state index in [1.165, 1.54) is 22.9 Å². The summed E-state index contributed by atoms with van der Waals surface area (Å²) < 4.78 is 9.00. The van der Waals surface area contributed by atoms with E-state index in [-0.39, 0.29) is 0 Å². The number of thioether (sulfide) groups is 1. The van der Waals surface area contributed by atoms with Gasteiger partial charge in [0.2, 0.25) is 0 Å². The maximum absolute atomic E-state index is 9.10. The van der Waals surface area contributed by atoms with E-state index in [4.69, 9.17) is 19.8 Å². The number of carboxylic acid groups (broad SMARTS) is 2. The van der Waals surface area contributed by atoms with Gasteiger partial charge in [0, 0.05) is 18.8 Å². The predicted molar refractivity (Wildman–Crippen MR) is 106 cm³/mol. The molecule has 0 amide bonds. The first kappa shape index (κ1) is 21.1. The number of aliphatic carboxylic acids is 2. The fourth-order valence-electron chi connectivity index (χ4n) is 2.45. The van der Waals surface area contributed by atoms with E-state index in [2.05, 4.69) is 57.1 Å². The standard InChI is InChI=1S/C16H19N3S2.C2H2O4/c1-19-10-5-8-14(12-19)15-16(18-21-17-15)20-11-9-13-6-3-2-4-7-13;3-1(4)2(5)6/h2-4,6-8H,5,9-12H2,1H3;(H,3,4)(H,5,6). The summed E-state index contributed by atoms with van der Waals surface area (Å²) in [5.41, 5.74) is 3.82. The summed E-state index contributed by atoms with van der Waals surface area (Å²) in [5.74, 6) is -2.60. The van der Waals surface area contributed by atoms with Crippen molar-refractivity contribution in [1.82, 2.24) is 13.6 Å². The van der Waals surface area contributed by atoms with Gasteiger partial charge in [-0.1, -0.05) is 36.4 Å². The molecule has 1 aromatic heterocycles. The molecule has 0 spiro atoms. The largest absolute Gasteiger partial charge is 0.473 e. The molecule has 1 aliphatic heterocycles. The highest BCUT2D eigenvalue weighted by molar-refractivity contribution is 7.99. The molecule has 0 radical (unpaired) electrons. The van der Waals surface area contributed by atoms with Gasteiger partial charge >= 0.3 is 11.9 Å². The van der Waals surface area contributed by atoms with Crippen molar-refractivity contribution < 1.29 is 19.8 Å². The second-order valence-electron chi connectivity index (χ2n) is 5.87. The van der Waals surface area contributed by atoms with Crippen LogP contribution in [-0.2, 0) is 16.0 Å². The summed E-state index contributed by atoms with van der Waals surface area (Å²) in [6, 6.07) is 10.6. The molecule has 1 aromatic carbocycles. The number of rotatable bonds is 5. The topological polar surface area (TPSA) is 104 Å². The zero-order chi connectivity index (χ0) is 19.6. The molecule has 1 aliphatic rings. The molecule has 9 heteroatoms. The van der Waals surface area contributed by atoms with Crippen molar-refractivity contribution in [1.29, 1.82) is 0 Å². The fraction of sp³-hybridized carbons (Fsp3) is 0.333. The van der Waals surface area contributed by atoms with Gasteiger partial charge in [0.1, 0.15) is 10.7 Å². The summed E-state index contributed by atoms with van der Waals surface area (Å²) in [6.45, 7) is 2.12. The van der Waals surface area contributed by atoms with E-state index >= 15 is 0 Å². The Morgan fingerprint density at radius 3 is 2.52 bits per heavy atom. The lowest BCUT2D eigenvalue weighted by molar-refractivity contribution is -0.159. The van der Waals surface area contributed by atoms with Gasteiger partial charge in [-0.3, -0.25) is 0 Å². The smallest absolute Gasteiger partial charge is 0.414 e. The van der Waals surface area contributed by atoms with Gasteiger partial charge in [0.05, 0.1) is 11.7 Å². The van der Waals surface area contributed by atoms with Crippen molar-refractivity contribution in [2.24, 2.45) is 0 Å². The minimum atomic E-state index is -1.82. The molecule has 0 aliphatic carbocycles. The maximum Gasteiger partial charge on any atom is 0.414 e. The van der Waals surface area contributed by atoms with Crippen LogP contribution in [0, 0.1) is 0 Å². The van der Waals surface area contributed by atoms with Crippen LogP contribution < -0.4 is 0 Å². The van der Waals surface area contributed by atoms with Crippen LogP contribution in [0.5, 0.6) is 0 Å². The fourth-order valence-corrected chi connectivity index (χ4v) is 4.15. The molecule has 7 nitrogen and oxygen atoms in total. The van der Waals surface area contributed by atoms with Crippen LogP contribution >= 0.6 is 23.5 Å². The Balaban J connectivity index is 0.000000380. The molecule has 0 bridgehead atoms. The average Bonchev–Trinajstić information content (AvgIpc) is 3.11. The third kappa shape index (κ3) is 7.12. The summed E-state index contributed by atoms with van der Waals surface area (Å²) in [5, 5.41) is 15.9. The van der Waals surface area contributed by atoms with Crippen LogP contribution in [0.4, 0.5) is 0 Å². The molecule has 0 unspecified atom stereocenters. The van der Waals surface area contributed by atoms with Crippen LogP contribution in [0.1, 0.15) is 17.7 Å². The second-order valence-corrected chi connectivity index (χ2v) is 7.48. The van der Waals surface area contributed by atoms with Crippen molar-refractivity contribution in [2.75, 3.05) is 25.9 Å². The van der Waals surface area contributed by atoms with E-state index in [9.17, 15) is 0 Å².